The lowest BCUT2D eigenvalue weighted by Gasteiger charge is -2.08. The van der Waals surface area contributed by atoms with E-state index >= 15 is 0 Å². The fraction of sp³-hybridized carbons (Fsp3) is 0.167. The van der Waals surface area contributed by atoms with Crippen molar-refractivity contribution in [1.82, 2.24) is 9.97 Å². The van der Waals surface area contributed by atoms with E-state index in [-0.39, 0.29) is 10.8 Å². The van der Waals surface area contributed by atoms with E-state index in [1.54, 1.807) is 19.1 Å². The summed E-state index contributed by atoms with van der Waals surface area (Å²) in [4.78, 5) is 6.63. The van der Waals surface area contributed by atoms with Crippen molar-refractivity contribution in [3.05, 3.63) is 45.8 Å². The Balaban J connectivity index is 2.56. The van der Waals surface area contributed by atoms with E-state index < -0.39 is 12.0 Å². The topological polar surface area (TPSA) is 25.8 Å². The summed E-state index contributed by atoms with van der Waals surface area (Å²) in [5, 5.41) is 0.176. The fourth-order valence-electron chi connectivity index (χ4n) is 1.44. The van der Waals surface area contributed by atoms with Gasteiger partial charge in [-0.2, -0.15) is 13.2 Å². The van der Waals surface area contributed by atoms with Gasteiger partial charge in [0.05, 0.1) is 5.69 Å². The highest BCUT2D eigenvalue weighted by atomic mass is 35.5. The molecule has 1 heterocycles. The molecule has 100 valence electrons. The van der Waals surface area contributed by atoms with E-state index in [0.29, 0.717) is 10.6 Å². The van der Waals surface area contributed by atoms with Gasteiger partial charge >= 0.3 is 6.18 Å². The van der Waals surface area contributed by atoms with Gasteiger partial charge in [0, 0.05) is 16.7 Å². The number of benzene rings is 1. The Morgan fingerprint density at radius 2 is 1.74 bits per heavy atom. The quantitative estimate of drug-likeness (QED) is 0.709. The van der Waals surface area contributed by atoms with Gasteiger partial charge in [-0.3, -0.25) is 0 Å². The zero-order valence-corrected chi connectivity index (χ0v) is 11.1. The van der Waals surface area contributed by atoms with Crippen LogP contribution in [0.15, 0.2) is 24.3 Å². The molecule has 0 aliphatic rings. The second kappa shape index (κ2) is 4.98. The summed E-state index contributed by atoms with van der Waals surface area (Å²) in [6.07, 6.45) is -4.64. The SMILES string of the molecule is Cc1ccc(-c2cc(Cl)nc(C(F)(F)F)n2)cc1Cl. The van der Waals surface area contributed by atoms with Crippen molar-refractivity contribution in [2.45, 2.75) is 13.1 Å². The van der Waals surface area contributed by atoms with Gasteiger partial charge in [-0.05, 0) is 18.6 Å². The molecule has 0 saturated heterocycles. The lowest BCUT2D eigenvalue weighted by Crippen LogP contribution is -2.11. The first kappa shape index (κ1) is 14.1. The third kappa shape index (κ3) is 3.16. The molecule has 1 aromatic carbocycles. The average molecular weight is 307 g/mol. The smallest absolute Gasteiger partial charge is 0.224 e. The van der Waals surface area contributed by atoms with E-state index in [0.717, 1.165) is 5.56 Å². The van der Waals surface area contributed by atoms with E-state index in [9.17, 15) is 13.2 Å². The second-order valence-corrected chi connectivity index (χ2v) is 4.66. The maximum absolute atomic E-state index is 12.6. The highest BCUT2D eigenvalue weighted by Crippen LogP contribution is 2.31. The highest BCUT2D eigenvalue weighted by Gasteiger charge is 2.35. The summed E-state index contributed by atoms with van der Waals surface area (Å²) in [6, 6.07) is 6.12. The number of nitrogens with zero attached hydrogens (tertiary/aromatic N) is 2. The molecule has 0 bridgehead atoms. The number of aryl methyl sites for hydroxylation is 1. The molecular weight excluding hydrogens is 300 g/mol. The molecule has 0 aliphatic carbocycles. The fourth-order valence-corrected chi connectivity index (χ4v) is 1.81. The van der Waals surface area contributed by atoms with Gasteiger partial charge in [-0.25, -0.2) is 9.97 Å². The number of hydrogen-bond acceptors (Lipinski definition) is 2. The van der Waals surface area contributed by atoms with Gasteiger partial charge in [0.2, 0.25) is 5.82 Å². The van der Waals surface area contributed by atoms with Gasteiger partial charge in [0.25, 0.3) is 0 Å². The molecule has 0 aliphatic heterocycles. The molecule has 2 aromatic rings. The molecule has 19 heavy (non-hydrogen) atoms. The lowest BCUT2D eigenvalue weighted by atomic mass is 10.1. The summed E-state index contributed by atoms with van der Waals surface area (Å²) in [5.74, 6) is -1.27. The molecule has 0 N–H and O–H groups in total. The number of hydrogen-bond donors (Lipinski definition) is 0. The Labute approximate surface area is 117 Å². The van der Waals surface area contributed by atoms with Crippen molar-refractivity contribution in [2.24, 2.45) is 0 Å². The van der Waals surface area contributed by atoms with Crippen molar-refractivity contribution < 1.29 is 13.2 Å². The van der Waals surface area contributed by atoms with Crippen LogP contribution in [0.4, 0.5) is 13.2 Å². The Kier molecular flexibility index (Phi) is 3.69. The van der Waals surface area contributed by atoms with Gasteiger partial charge in [-0.15, -0.1) is 0 Å². The molecule has 0 atom stereocenters. The zero-order valence-electron chi connectivity index (χ0n) is 9.59. The maximum Gasteiger partial charge on any atom is 0.451 e. The number of halogens is 5. The van der Waals surface area contributed by atoms with Crippen LogP contribution in [0.3, 0.4) is 0 Å². The molecule has 2 nitrogen and oxygen atoms in total. The largest absolute Gasteiger partial charge is 0.451 e. The monoisotopic (exact) mass is 306 g/mol. The molecular formula is C12H7Cl2F3N2. The van der Waals surface area contributed by atoms with Crippen LogP contribution in [-0.4, -0.2) is 9.97 Å². The van der Waals surface area contributed by atoms with Crippen molar-refractivity contribution in [3.63, 3.8) is 0 Å². The van der Waals surface area contributed by atoms with Gasteiger partial charge in [0.1, 0.15) is 5.15 Å². The molecule has 2 rings (SSSR count). The van der Waals surface area contributed by atoms with Crippen LogP contribution >= 0.6 is 23.2 Å². The van der Waals surface area contributed by atoms with Crippen LogP contribution in [0.2, 0.25) is 10.2 Å². The van der Waals surface area contributed by atoms with Gasteiger partial charge < -0.3 is 0 Å². The molecule has 7 heteroatoms. The second-order valence-electron chi connectivity index (χ2n) is 3.86. The Bertz CT molecular complexity index is 627. The van der Waals surface area contributed by atoms with Gasteiger partial charge in [-0.1, -0.05) is 35.3 Å². The highest BCUT2D eigenvalue weighted by molar-refractivity contribution is 6.31. The maximum atomic E-state index is 12.6. The van der Waals surface area contributed by atoms with Crippen molar-refractivity contribution >= 4 is 23.2 Å². The predicted octanol–water partition coefficient (Wildman–Crippen LogP) is 4.78. The summed E-state index contributed by atoms with van der Waals surface area (Å²) >= 11 is 11.5. The van der Waals surface area contributed by atoms with Crippen LogP contribution < -0.4 is 0 Å². The summed E-state index contributed by atoms with van der Waals surface area (Å²) in [6.45, 7) is 1.79. The third-order valence-corrected chi connectivity index (χ3v) is 3.02. The first-order valence-corrected chi connectivity index (χ1v) is 5.91. The Morgan fingerprint density at radius 1 is 1.05 bits per heavy atom. The lowest BCUT2D eigenvalue weighted by molar-refractivity contribution is -0.144. The number of alkyl halides is 3. The van der Waals surface area contributed by atoms with Gasteiger partial charge in [0.15, 0.2) is 0 Å². The minimum absolute atomic E-state index is 0.0780. The third-order valence-electron chi connectivity index (χ3n) is 2.42. The van der Waals surface area contributed by atoms with Crippen molar-refractivity contribution in [1.29, 1.82) is 0 Å². The first-order valence-electron chi connectivity index (χ1n) is 5.15. The molecule has 0 saturated carbocycles. The molecule has 0 amide bonds. The summed E-state index contributed by atoms with van der Waals surface area (Å²) < 4.78 is 37.8. The van der Waals surface area contributed by atoms with Crippen LogP contribution in [-0.2, 0) is 6.18 Å². The van der Waals surface area contributed by atoms with E-state index in [1.165, 1.54) is 12.1 Å². The number of aromatic nitrogens is 2. The first-order chi connectivity index (χ1) is 8.77. The van der Waals surface area contributed by atoms with Crippen LogP contribution in [0, 0.1) is 6.92 Å². The molecule has 1 aromatic heterocycles. The van der Waals surface area contributed by atoms with Crippen molar-refractivity contribution in [2.75, 3.05) is 0 Å². The minimum atomic E-state index is -4.64. The van der Waals surface area contributed by atoms with Crippen LogP contribution in [0.5, 0.6) is 0 Å². The Hall–Kier alpha value is -1.33. The van der Waals surface area contributed by atoms with E-state index in [1.807, 2.05) is 0 Å². The minimum Gasteiger partial charge on any atom is -0.224 e. The van der Waals surface area contributed by atoms with E-state index in [4.69, 9.17) is 23.2 Å². The summed E-state index contributed by atoms with van der Waals surface area (Å²) in [7, 11) is 0. The number of rotatable bonds is 1. The normalized spacial score (nSPS) is 11.7. The predicted molar refractivity (Wildman–Crippen MR) is 67.2 cm³/mol. The zero-order chi connectivity index (χ0) is 14.2. The molecule has 0 spiro atoms. The van der Waals surface area contributed by atoms with Crippen LogP contribution in [0.1, 0.15) is 11.4 Å². The molecule has 0 unspecified atom stereocenters. The van der Waals surface area contributed by atoms with E-state index in [2.05, 4.69) is 9.97 Å². The average Bonchev–Trinajstić information content (AvgIpc) is 2.31. The molecule has 0 radical (unpaired) electrons. The summed E-state index contributed by atoms with van der Waals surface area (Å²) in [5.41, 5.74) is 1.35. The van der Waals surface area contributed by atoms with Crippen molar-refractivity contribution in [3.8, 4) is 11.3 Å². The Morgan fingerprint density at radius 3 is 2.32 bits per heavy atom. The molecule has 0 fully saturated rings. The standard InChI is InChI=1S/C12H7Cl2F3N2/c1-6-2-3-7(4-8(6)13)9-5-10(14)19-11(18-9)12(15,16)17/h2-5H,1H3. The van der Waals surface area contributed by atoms with Crippen LogP contribution in [0.25, 0.3) is 11.3 Å².